The number of hydrogen-bond donors (Lipinski definition) is 1. The molecule has 27 heavy (non-hydrogen) atoms. The number of thiazole rings is 1. The van der Waals surface area contributed by atoms with Crippen LogP contribution in [0.4, 0.5) is 5.13 Å². The number of methoxy groups -OCH3 is 1. The van der Waals surface area contributed by atoms with E-state index in [2.05, 4.69) is 10.3 Å². The zero-order valence-electron chi connectivity index (χ0n) is 14.8. The van der Waals surface area contributed by atoms with E-state index in [1.807, 2.05) is 60.0 Å². The normalized spacial score (nSPS) is 10.9. The van der Waals surface area contributed by atoms with Gasteiger partial charge in [0.05, 0.1) is 7.11 Å². The Morgan fingerprint density at radius 1 is 1.19 bits per heavy atom. The summed E-state index contributed by atoms with van der Waals surface area (Å²) in [4.78, 5) is 16.6. The second kappa shape index (κ2) is 7.63. The third kappa shape index (κ3) is 4.01. The minimum atomic E-state index is -0.0471. The minimum Gasteiger partial charge on any atom is -0.497 e. The summed E-state index contributed by atoms with van der Waals surface area (Å²) in [5.41, 5.74) is 2.59. The van der Waals surface area contributed by atoms with Crippen LogP contribution in [0.3, 0.4) is 0 Å². The third-order valence-corrected chi connectivity index (χ3v) is 4.97. The molecule has 136 valence electrons. The van der Waals surface area contributed by atoms with Crippen LogP contribution < -0.4 is 10.1 Å². The molecule has 0 atom stereocenters. The lowest BCUT2D eigenvalue weighted by atomic mass is 10.1. The molecule has 4 aromatic rings. The van der Waals surface area contributed by atoms with E-state index >= 15 is 0 Å². The summed E-state index contributed by atoms with van der Waals surface area (Å²) in [6, 6.07) is 17.6. The molecule has 0 saturated heterocycles. The van der Waals surface area contributed by atoms with E-state index in [1.165, 1.54) is 11.3 Å². The fraction of sp³-hybridized carbons (Fsp3) is 0.143. The summed E-state index contributed by atoms with van der Waals surface area (Å²) in [5, 5.41) is 6.29. The zero-order valence-corrected chi connectivity index (χ0v) is 15.6. The number of furan rings is 1. The average Bonchev–Trinajstić information content (AvgIpc) is 3.33. The number of rotatable bonds is 6. The lowest BCUT2D eigenvalue weighted by Gasteiger charge is -2.02. The molecule has 5 nitrogen and oxygen atoms in total. The summed E-state index contributed by atoms with van der Waals surface area (Å²) in [6.45, 7) is 0. The number of amides is 1. The molecule has 0 bridgehead atoms. The van der Waals surface area contributed by atoms with Crippen molar-refractivity contribution in [1.82, 2.24) is 4.98 Å². The van der Waals surface area contributed by atoms with Gasteiger partial charge in [0.1, 0.15) is 17.0 Å². The number of ether oxygens (including phenoxy) is 1. The molecular formula is C21H18N2O3S. The molecule has 0 aliphatic carbocycles. The molecule has 0 aliphatic heterocycles. The Kier molecular flexibility index (Phi) is 4.89. The van der Waals surface area contributed by atoms with Crippen LogP contribution in [-0.2, 0) is 11.2 Å². The van der Waals surface area contributed by atoms with Gasteiger partial charge >= 0.3 is 0 Å². The summed E-state index contributed by atoms with van der Waals surface area (Å²) in [7, 11) is 1.62. The van der Waals surface area contributed by atoms with Crippen molar-refractivity contribution in [2.75, 3.05) is 12.4 Å². The van der Waals surface area contributed by atoms with Crippen LogP contribution in [0.15, 0.2) is 64.4 Å². The van der Waals surface area contributed by atoms with Crippen LogP contribution in [0.25, 0.3) is 22.4 Å². The van der Waals surface area contributed by atoms with Gasteiger partial charge < -0.3 is 14.5 Å². The van der Waals surface area contributed by atoms with Gasteiger partial charge in [-0.3, -0.25) is 4.79 Å². The molecule has 0 spiro atoms. The van der Waals surface area contributed by atoms with Gasteiger partial charge in [0.15, 0.2) is 10.9 Å². The largest absolute Gasteiger partial charge is 0.497 e. The Morgan fingerprint density at radius 2 is 2.04 bits per heavy atom. The summed E-state index contributed by atoms with van der Waals surface area (Å²) in [5.74, 6) is 1.36. The number of nitrogens with zero attached hydrogens (tertiary/aromatic N) is 1. The van der Waals surface area contributed by atoms with Gasteiger partial charge in [0, 0.05) is 23.3 Å². The highest BCUT2D eigenvalue weighted by Crippen LogP contribution is 2.31. The Bertz CT molecular complexity index is 1070. The van der Waals surface area contributed by atoms with Crippen molar-refractivity contribution >= 4 is 33.3 Å². The maximum atomic E-state index is 12.2. The van der Waals surface area contributed by atoms with Gasteiger partial charge in [0.25, 0.3) is 0 Å². The van der Waals surface area contributed by atoms with Crippen molar-refractivity contribution in [2.45, 2.75) is 12.8 Å². The second-order valence-corrected chi connectivity index (χ2v) is 6.94. The fourth-order valence-corrected chi connectivity index (χ4v) is 3.51. The smallest absolute Gasteiger partial charge is 0.226 e. The van der Waals surface area contributed by atoms with Crippen molar-refractivity contribution < 1.29 is 13.9 Å². The number of carbonyl (C=O) groups excluding carboxylic acids is 1. The summed E-state index contributed by atoms with van der Waals surface area (Å²) >= 11 is 1.38. The molecule has 0 aliphatic rings. The standard InChI is InChI=1S/C21H18N2O3S/c1-25-16-9-8-15-11-19(26-18(15)12-16)17-13-27-21(22-17)23-20(24)10-7-14-5-3-2-4-6-14/h2-6,8-9,11-13H,7,10H2,1H3,(H,22,23,24). The first-order chi connectivity index (χ1) is 13.2. The van der Waals surface area contributed by atoms with Crippen LogP contribution in [0, 0.1) is 0 Å². The Labute approximate surface area is 160 Å². The molecule has 6 heteroatoms. The molecule has 0 fully saturated rings. The highest BCUT2D eigenvalue weighted by Gasteiger charge is 2.12. The molecule has 2 aromatic heterocycles. The van der Waals surface area contributed by atoms with Gasteiger partial charge in [-0.1, -0.05) is 30.3 Å². The number of carbonyl (C=O) groups is 1. The maximum Gasteiger partial charge on any atom is 0.226 e. The number of fused-ring (bicyclic) bond motifs is 1. The number of aromatic nitrogens is 1. The molecule has 0 saturated carbocycles. The zero-order chi connectivity index (χ0) is 18.6. The number of anilines is 1. The number of benzene rings is 2. The van der Waals surface area contributed by atoms with Gasteiger partial charge in [-0.2, -0.15) is 0 Å². The van der Waals surface area contributed by atoms with Crippen LogP contribution in [0.1, 0.15) is 12.0 Å². The molecular weight excluding hydrogens is 360 g/mol. The van der Waals surface area contributed by atoms with Crippen molar-refractivity contribution in [3.05, 3.63) is 65.5 Å². The van der Waals surface area contributed by atoms with Gasteiger partial charge in [-0.15, -0.1) is 11.3 Å². The highest BCUT2D eigenvalue weighted by atomic mass is 32.1. The van der Waals surface area contributed by atoms with Crippen molar-refractivity contribution in [3.8, 4) is 17.2 Å². The van der Waals surface area contributed by atoms with Crippen molar-refractivity contribution in [3.63, 3.8) is 0 Å². The molecule has 0 radical (unpaired) electrons. The van der Waals surface area contributed by atoms with Crippen LogP contribution in [-0.4, -0.2) is 18.0 Å². The van der Waals surface area contributed by atoms with E-state index in [0.29, 0.717) is 29.4 Å². The first-order valence-corrected chi connectivity index (χ1v) is 9.46. The van der Waals surface area contributed by atoms with Crippen LogP contribution in [0.2, 0.25) is 0 Å². The predicted octanol–water partition coefficient (Wildman–Crippen LogP) is 5.14. The van der Waals surface area contributed by atoms with E-state index in [1.54, 1.807) is 7.11 Å². The van der Waals surface area contributed by atoms with Crippen LogP contribution >= 0.6 is 11.3 Å². The second-order valence-electron chi connectivity index (χ2n) is 6.09. The van der Waals surface area contributed by atoms with Gasteiger partial charge in [0.2, 0.25) is 5.91 Å². The SMILES string of the molecule is COc1ccc2cc(-c3csc(NC(=O)CCc4ccccc4)n3)oc2c1. The lowest BCUT2D eigenvalue weighted by molar-refractivity contribution is -0.116. The van der Waals surface area contributed by atoms with E-state index < -0.39 is 0 Å². The lowest BCUT2D eigenvalue weighted by Crippen LogP contribution is -2.12. The monoisotopic (exact) mass is 378 g/mol. The van der Waals surface area contributed by atoms with Gasteiger partial charge in [-0.05, 0) is 30.2 Å². The summed E-state index contributed by atoms with van der Waals surface area (Å²) < 4.78 is 11.1. The van der Waals surface area contributed by atoms with E-state index in [9.17, 15) is 4.79 Å². The first-order valence-electron chi connectivity index (χ1n) is 8.58. The van der Waals surface area contributed by atoms with Crippen LogP contribution in [0.5, 0.6) is 5.75 Å². The van der Waals surface area contributed by atoms with E-state index in [-0.39, 0.29) is 5.91 Å². The highest BCUT2D eigenvalue weighted by molar-refractivity contribution is 7.14. The van der Waals surface area contributed by atoms with Crippen molar-refractivity contribution in [2.24, 2.45) is 0 Å². The number of hydrogen-bond acceptors (Lipinski definition) is 5. The van der Waals surface area contributed by atoms with E-state index in [4.69, 9.17) is 9.15 Å². The predicted molar refractivity (Wildman–Crippen MR) is 107 cm³/mol. The Morgan fingerprint density at radius 3 is 2.85 bits per heavy atom. The Balaban J connectivity index is 1.43. The molecule has 4 rings (SSSR count). The quantitative estimate of drug-likeness (QED) is 0.505. The topological polar surface area (TPSA) is 64.4 Å². The molecule has 1 amide bonds. The molecule has 2 aromatic carbocycles. The third-order valence-electron chi connectivity index (χ3n) is 4.21. The first kappa shape index (κ1) is 17.3. The minimum absolute atomic E-state index is 0.0471. The van der Waals surface area contributed by atoms with Gasteiger partial charge in [-0.25, -0.2) is 4.98 Å². The Hall–Kier alpha value is -3.12. The van der Waals surface area contributed by atoms with E-state index in [0.717, 1.165) is 22.3 Å². The molecule has 0 unspecified atom stereocenters. The fourth-order valence-electron chi connectivity index (χ4n) is 2.79. The molecule has 2 heterocycles. The number of nitrogens with one attached hydrogen (secondary N) is 1. The maximum absolute atomic E-state index is 12.2. The summed E-state index contributed by atoms with van der Waals surface area (Å²) in [6.07, 6.45) is 1.12. The van der Waals surface area contributed by atoms with Crippen molar-refractivity contribution in [1.29, 1.82) is 0 Å². The number of aryl methyl sites for hydroxylation is 1. The average molecular weight is 378 g/mol. The molecule has 1 N–H and O–H groups in total.